The molecule has 91 heavy (non-hydrogen) atoms. The van der Waals surface area contributed by atoms with Gasteiger partial charge >= 0.3 is 0 Å². The van der Waals surface area contributed by atoms with Gasteiger partial charge < -0.3 is 4.74 Å². The lowest BCUT2D eigenvalue weighted by Gasteiger charge is -2.19. The molecule has 0 saturated heterocycles. The molecule has 0 bridgehead atoms. The summed E-state index contributed by atoms with van der Waals surface area (Å²) in [5, 5.41) is 0.817. The summed E-state index contributed by atoms with van der Waals surface area (Å²) in [4.78, 5) is 0. The SMILES string of the molecule is CC(C)(C)CCCc1ccccc1.CC(C)CCc1ccccc1.CC(C)Cc1ccc(C(C)(C)C)cc1.CC(C)Cc1ccc(Cl)cc1.CC(C)Cc1ccc(F)cc1.CC(C)Cc1ccccc1.CC(C)c1ccccc1.COc1ccc(CC(C)C)cc1. The third-order valence-electron chi connectivity index (χ3n) is 14.4. The van der Waals surface area contributed by atoms with E-state index in [-0.39, 0.29) is 11.2 Å². The van der Waals surface area contributed by atoms with Gasteiger partial charge in [-0.1, -0.05) is 332 Å². The summed E-state index contributed by atoms with van der Waals surface area (Å²) in [6, 6.07) is 74.6. The van der Waals surface area contributed by atoms with E-state index >= 15 is 0 Å². The van der Waals surface area contributed by atoms with E-state index in [4.69, 9.17) is 16.3 Å². The average Bonchev–Trinajstić information content (AvgIpc) is 2.20. The van der Waals surface area contributed by atoms with Crippen molar-refractivity contribution in [1.29, 1.82) is 0 Å². The Kier molecular flexibility index (Phi) is 43.3. The maximum Gasteiger partial charge on any atom is 0.123 e. The summed E-state index contributed by atoms with van der Waals surface area (Å²) in [5.41, 5.74) is 13.4. The Bertz CT molecular complexity index is 2860. The molecule has 0 N–H and O–H groups in total. The van der Waals surface area contributed by atoms with E-state index in [2.05, 4.69) is 302 Å². The molecular weight excluding hydrogens is 1130 g/mol. The minimum atomic E-state index is -0.155. The summed E-state index contributed by atoms with van der Waals surface area (Å²) in [5.74, 6) is 5.84. The van der Waals surface area contributed by atoms with Crippen LogP contribution in [0.15, 0.2) is 218 Å². The molecule has 8 rings (SSSR count). The first-order chi connectivity index (χ1) is 42.9. The Labute approximate surface area is 564 Å². The largest absolute Gasteiger partial charge is 0.497 e. The van der Waals surface area contributed by atoms with Crippen molar-refractivity contribution >= 4 is 11.6 Å². The Hall–Kier alpha value is -6.22. The van der Waals surface area contributed by atoms with Crippen LogP contribution in [0.5, 0.6) is 5.75 Å². The highest BCUT2D eigenvalue weighted by molar-refractivity contribution is 6.30. The summed E-state index contributed by atoms with van der Waals surface area (Å²) in [7, 11) is 1.69. The molecule has 8 aromatic carbocycles. The van der Waals surface area contributed by atoms with Gasteiger partial charge in [-0.05, 0) is 203 Å². The van der Waals surface area contributed by atoms with Gasteiger partial charge in [0.15, 0.2) is 0 Å². The van der Waals surface area contributed by atoms with Crippen molar-refractivity contribution in [1.82, 2.24) is 0 Å². The highest BCUT2D eigenvalue weighted by Crippen LogP contribution is 2.24. The Morgan fingerprint density at radius 2 is 0.659 bits per heavy atom. The lowest BCUT2D eigenvalue weighted by Crippen LogP contribution is -2.10. The molecular formula is C88H126ClFO. The number of methoxy groups -OCH3 is 1. The van der Waals surface area contributed by atoms with Crippen LogP contribution in [0.3, 0.4) is 0 Å². The maximum atomic E-state index is 12.4. The van der Waals surface area contributed by atoms with Crippen molar-refractivity contribution in [3.05, 3.63) is 279 Å². The molecule has 0 amide bonds. The van der Waals surface area contributed by atoms with Crippen LogP contribution in [-0.4, -0.2) is 7.11 Å². The van der Waals surface area contributed by atoms with E-state index in [9.17, 15) is 4.39 Å². The van der Waals surface area contributed by atoms with Gasteiger partial charge in [0.25, 0.3) is 0 Å². The van der Waals surface area contributed by atoms with Gasteiger partial charge in [0.05, 0.1) is 7.11 Å². The van der Waals surface area contributed by atoms with E-state index in [1.807, 2.05) is 42.5 Å². The number of hydrogen-bond acceptors (Lipinski definition) is 1. The fourth-order valence-corrected chi connectivity index (χ4v) is 9.65. The Morgan fingerprint density at radius 1 is 0.352 bits per heavy atom. The highest BCUT2D eigenvalue weighted by Gasteiger charge is 2.13. The Balaban J connectivity index is 0.000000521. The average molecular weight is 1250 g/mol. The predicted molar refractivity (Wildman–Crippen MR) is 404 cm³/mol. The number of benzene rings is 8. The lowest BCUT2D eigenvalue weighted by atomic mass is 9.86. The Morgan fingerprint density at radius 3 is 0.967 bits per heavy atom. The quantitative estimate of drug-likeness (QED) is 0.0832. The molecule has 0 aliphatic heterocycles. The second kappa shape index (κ2) is 47.6. The van der Waals surface area contributed by atoms with Gasteiger partial charge in [-0.25, -0.2) is 4.39 Å². The molecule has 1 nitrogen and oxygen atoms in total. The topological polar surface area (TPSA) is 9.23 Å². The summed E-state index contributed by atoms with van der Waals surface area (Å²) < 4.78 is 17.5. The second-order valence-corrected chi connectivity index (χ2v) is 29.8. The molecule has 0 saturated carbocycles. The highest BCUT2D eigenvalue weighted by atomic mass is 35.5. The standard InChI is InChI=1S/C14H22.C13H20.C11H16O.C11H16.C10H13Cl.C10H13F.C10H14.C9H12/c1-11(2)10-12-6-8-13(9-7-12)14(3,4)5;1-13(2,3)11-7-10-12-8-5-4-6-9-12;1-9(2)8-10-4-6-11(12-3)7-5-10;1-10(2)8-9-11-6-4-3-5-7-11;2*1-8(2)7-9-3-5-10(11)6-4-9;1-9(2)8-10-6-4-3-5-7-10;1-8(2)9-6-4-3-5-7-9/h6-9,11H,10H2,1-5H3;4-6,8-9H,7,10-11H2,1-3H3;4-7,9H,8H2,1-3H3;3-7,10H,8-9H2,1-2H3;2*3-6,8H,7H2,1-2H3;3-7,9H,8H2,1-2H3;3-8H,1-2H3. The van der Waals surface area contributed by atoms with Crippen molar-refractivity contribution in [3.63, 3.8) is 0 Å². The van der Waals surface area contributed by atoms with Crippen LogP contribution >= 0.6 is 11.6 Å². The normalized spacial score (nSPS) is 10.8. The van der Waals surface area contributed by atoms with Gasteiger partial charge in [0.1, 0.15) is 11.6 Å². The van der Waals surface area contributed by atoms with Crippen LogP contribution in [0.4, 0.5) is 4.39 Å². The van der Waals surface area contributed by atoms with E-state index in [0.717, 1.165) is 59.6 Å². The van der Waals surface area contributed by atoms with Crippen LogP contribution in [0.1, 0.15) is 214 Å². The third kappa shape index (κ3) is 46.5. The molecule has 3 heteroatoms. The number of rotatable bonds is 18. The fraction of sp³-hybridized carbons (Fsp3) is 0.455. The summed E-state index contributed by atoms with van der Waals surface area (Å²) in [6.07, 6.45) is 12.0. The van der Waals surface area contributed by atoms with Crippen molar-refractivity contribution in [2.45, 2.75) is 214 Å². The van der Waals surface area contributed by atoms with Crippen LogP contribution in [-0.2, 0) is 50.4 Å². The minimum absolute atomic E-state index is 0.155. The number of ether oxygens (including phenoxy) is 1. The van der Waals surface area contributed by atoms with E-state index in [1.165, 1.54) is 107 Å². The first-order valence-corrected chi connectivity index (χ1v) is 34.7. The van der Waals surface area contributed by atoms with Crippen molar-refractivity contribution in [2.75, 3.05) is 7.11 Å². The molecule has 498 valence electrons. The zero-order valence-electron chi connectivity index (χ0n) is 61.1. The molecule has 8 aromatic rings. The molecule has 0 heterocycles. The maximum absolute atomic E-state index is 12.4. The van der Waals surface area contributed by atoms with Gasteiger partial charge in [0, 0.05) is 5.02 Å². The van der Waals surface area contributed by atoms with Crippen LogP contribution in [0.2, 0.25) is 5.02 Å². The molecule has 0 radical (unpaired) electrons. The first kappa shape index (κ1) is 82.8. The van der Waals surface area contributed by atoms with E-state index in [0.29, 0.717) is 17.3 Å². The first-order valence-electron chi connectivity index (χ1n) is 34.3. The van der Waals surface area contributed by atoms with Gasteiger partial charge in [-0.2, -0.15) is 0 Å². The molecule has 0 unspecified atom stereocenters. The molecule has 0 aromatic heterocycles. The van der Waals surface area contributed by atoms with Gasteiger partial charge in [0.2, 0.25) is 0 Å². The number of aryl methyl sites for hydroxylation is 2. The molecule has 0 atom stereocenters. The second-order valence-electron chi connectivity index (χ2n) is 29.4. The minimum Gasteiger partial charge on any atom is -0.497 e. The summed E-state index contributed by atoms with van der Waals surface area (Å²) in [6.45, 7) is 44.8. The zero-order valence-corrected chi connectivity index (χ0v) is 61.8. The van der Waals surface area contributed by atoms with Crippen molar-refractivity contribution in [3.8, 4) is 5.75 Å². The third-order valence-corrected chi connectivity index (χ3v) is 14.7. The monoisotopic (exact) mass is 1250 g/mol. The van der Waals surface area contributed by atoms with Crippen molar-refractivity contribution in [2.24, 2.45) is 40.9 Å². The van der Waals surface area contributed by atoms with Gasteiger partial charge in [-0.15, -0.1) is 0 Å². The molecule has 0 aliphatic carbocycles. The zero-order chi connectivity index (χ0) is 68.2. The number of halogens is 2. The number of hydrogen-bond donors (Lipinski definition) is 0. The molecule has 0 spiro atoms. The predicted octanol–water partition coefficient (Wildman–Crippen LogP) is 26.7. The van der Waals surface area contributed by atoms with Crippen LogP contribution in [0, 0.1) is 46.7 Å². The smallest absolute Gasteiger partial charge is 0.123 e. The van der Waals surface area contributed by atoms with E-state index < -0.39 is 0 Å². The van der Waals surface area contributed by atoms with Crippen molar-refractivity contribution < 1.29 is 9.13 Å². The lowest BCUT2D eigenvalue weighted by molar-refractivity contribution is 0.365. The van der Waals surface area contributed by atoms with Crippen LogP contribution in [0.25, 0.3) is 0 Å². The fourth-order valence-electron chi connectivity index (χ4n) is 9.52. The van der Waals surface area contributed by atoms with Gasteiger partial charge in [-0.3, -0.25) is 0 Å². The van der Waals surface area contributed by atoms with E-state index in [1.54, 1.807) is 7.11 Å². The van der Waals surface area contributed by atoms with Crippen LogP contribution < -0.4 is 4.74 Å². The molecule has 0 aliphatic rings. The summed E-state index contributed by atoms with van der Waals surface area (Å²) >= 11 is 5.75. The molecule has 0 fully saturated rings.